The van der Waals surface area contributed by atoms with Crippen molar-refractivity contribution in [2.24, 2.45) is 0 Å². The maximum Gasteiger partial charge on any atom is 0.306 e. The molecule has 0 aliphatic carbocycles. The van der Waals surface area contributed by atoms with Gasteiger partial charge in [0.25, 0.3) is 7.82 Å². The first-order chi connectivity index (χ1) is 44.4. The van der Waals surface area contributed by atoms with Gasteiger partial charge in [0.1, 0.15) is 19.3 Å². The summed E-state index contributed by atoms with van der Waals surface area (Å²) in [5, 5.41) is 3.06. The Morgan fingerprint density at radius 3 is 1.03 bits per heavy atom. The number of quaternary nitrogens is 1. The van der Waals surface area contributed by atoms with Crippen LogP contribution in [-0.2, 0) is 27.9 Å². The van der Waals surface area contributed by atoms with Gasteiger partial charge in [0.05, 0.1) is 33.8 Å². The van der Waals surface area contributed by atoms with Crippen LogP contribution in [0.4, 0.5) is 0 Å². The second-order valence-corrected chi connectivity index (χ2v) is 29.3. The van der Waals surface area contributed by atoms with Gasteiger partial charge in [-0.25, -0.2) is 0 Å². The fourth-order valence-corrected chi connectivity index (χ4v) is 12.3. The van der Waals surface area contributed by atoms with Crippen LogP contribution >= 0.6 is 7.82 Å². The lowest BCUT2D eigenvalue weighted by Crippen LogP contribution is -2.47. The van der Waals surface area contributed by atoms with Crippen LogP contribution in [0.5, 0.6) is 0 Å². The summed E-state index contributed by atoms with van der Waals surface area (Å²) in [4.78, 5) is 40.3. The molecule has 0 fully saturated rings. The molecule has 0 rings (SSSR count). The van der Waals surface area contributed by atoms with Crippen molar-refractivity contribution in [3.05, 3.63) is 72.9 Å². The zero-order valence-electron chi connectivity index (χ0n) is 61.1. The zero-order valence-corrected chi connectivity index (χ0v) is 61.9. The van der Waals surface area contributed by atoms with Crippen LogP contribution in [0, 0.1) is 0 Å². The molecular formula is C81H151N2O7P. The molecule has 0 radical (unpaired) electrons. The van der Waals surface area contributed by atoms with Crippen molar-refractivity contribution < 1.29 is 37.3 Å². The van der Waals surface area contributed by atoms with E-state index in [0.717, 1.165) is 89.9 Å². The maximum atomic E-state index is 13.7. The second kappa shape index (κ2) is 70.3. The average Bonchev–Trinajstić information content (AvgIpc) is 3.70. The Morgan fingerprint density at radius 2 is 0.670 bits per heavy atom. The van der Waals surface area contributed by atoms with E-state index < -0.39 is 20.0 Å². The lowest BCUT2D eigenvalue weighted by Gasteiger charge is -2.30. The minimum atomic E-state index is -4.71. The molecule has 0 aromatic rings. The molecule has 0 spiro atoms. The largest absolute Gasteiger partial charge is 0.756 e. The number of unbranched alkanes of at least 4 members (excludes halogenated alkanes) is 46. The summed E-state index contributed by atoms with van der Waals surface area (Å²) in [6.45, 7) is 6.86. The van der Waals surface area contributed by atoms with Gasteiger partial charge in [-0.05, 0) is 102 Å². The number of phosphoric ester groups is 1. The molecule has 0 saturated carbocycles. The molecule has 91 heavy (non-hydrogen) atoms. The van der Waals surface area contributed by atoms with E-state index in [2.05, 4.69) is 86.8 Å². The topological polar surface area (TPSA) is 114 Å². The number of esters is 1. The summed E-state index contributed by atoms with van der Waals surface area (Å²) in [6.07, 6.45) is 93.2. The smallest absolute Gasteiger partial charge is 0.306 e. The Kier molecular flexibility index (Phi) is 68.3. The van der Waals surface area contributed by atoms with Crippen LogP contribution in [0.15, 0.2) is 72.9 Å². The monoisotopic (exact) mass is 1300 g/mol. The molecule has 0 bridgehead atoms. The number of ether oxygens (including phenoxy) is 1. The second-order valence-electron chi connectivity index (χ2n) is 27.9. The molecule has 532 valence electrons. The Hall–Kier alpha value is -2.55. The number of hydrogen-bond donors (Lipinski definition) is 1. The number of nitrogens with zero attached hydrogens (tertiary/aromatic N) is 1. The highest BCUT2D eigenvalue weighted by Crippen LogP contribution is 2.38. The minimum absolute atomic E-state index is 0.0235. The molecule has 10 heteroatoms. The summed E-state index contributed by atoms with van der Waals surface area (Å²) in [7, 11) is 1.19. The first-order valence-corrected chi connectivity index (χ1v) is 40.7. The van der Waals surface area contributed by atoms with Crippen molar-refractivity contribution in [3.63, 3.8) is 0 Å². The molecule has 3 unspecified atom stereocenters. The Balaban J connectivity index is 4.99. The molecule has 0 aromatic heterocycles. The molecule has 0 aromatic carbocycles. The van der Waals surface area contributed by atoms with Gasteiger partial charge >= 0.3 is 5.97 Å². The number of hydrogen-bond acceptors (Lipinski definition) is 7. The summed E-state index contributed by atoms with van der Waals surface area (Å²) in [5.41, 5.74) is 0. The van der Waals surface area contributed by atoms with E-state index in [1.165, 1.54) is 257 Å². The predicted octanol–water partition coefficient (Wildman–Crippen LogP) is 24.8. The molecule has 0 saturated heterocycles. The summed E-state index contributed by atoms with van der Waals surface area (Å²) < 4.78 is 30.5. The van der Waals surface area contributed by atoms with Gasteiger partial charge in [0.2, 0.25) is 5.91 Å². The SMILES string of the molecule is CCCCC/C=C\C/C=C\C/C=C\C/C=C\CCCCCCCCCCCC(=O)OC(/C=C/CCCCCCCCCCCCC)C(COP(=O)([O-])OCC[N+](C)(C)C)NC(=O)CCCCCCCCCCCCCCCCCCC/C=C/CCCCCCCC. The Labute approximate surface area is 565 Å². The third kappa shape index (κ3) is 71.6. The van der Waals surface area contributed by atoms with Crippen LogP contribution in [0.25, 0.3) is 0 Å². The van der Waals surface area contributed by atoms with Crippen LogP contribution in [0.3, 0.4) is 0 Å². The molecule has 0 aliphatic heterocycles. The number of allylic oxidation sites excluding steroid dienone is 11. The van der Waals surface area contributed by atoms with E-state index >= 15 is 0 Å². The molecule has 0 heterocycles. The van der Waals surface area contributed by atoms with Crippen molar-refractivity contribution in [1.29, 1.82) is 0 Å². The Bertz CT molecular complexity index is 1780. The third-order valence-electron chi connectivity index (χ3n) is 17.6. The number of carbonyl (C=O) groups excluding carboxylic acids is 2. The van der Waals surface area contributed by atoms with Gasteiger partial charge in [0.15, 0.2) is 0 Å². The number of likely N-dealkylation sites (N-methyl/N-ethyl adjacent to an activating group) is 1. The van der Waals surface area contributed by atoms with Crippen molar-refractivity contribution in [2.75, 3.05) is 40.9 Å². The van der Waals surface area contributed by atoms with Gasteiger partial charge < -0.3 is 28.5 Å². The molecule has 0 aliphatic rings. The quantitative estimate of drug-likeness (QED) is 0.0212. The number of amides is 1. The summed E-state index contributed by atoms with van der Waals surface area (Å²) in [6, 6.07) is -0.894. The Morgan fingerprint density at radius 1 is 0.385 bits per heavy atom. The first kappa shape index (κ1) is 88.5. The van der Waals surface area contributed by atoms with Crippen LogP contribution < -0.4 is 10.2 Å². The van der Waals surface area contributed by atoms with E-state index in [0.29, 0.717) is 17.4 Å². The third-order valence-corrected chi connectivity index (χ3v) is 18.6. The lowest BCUT2D eigenvalue weighted by atomic mass is 10.0. The number of rotatable bonds is 72. The van der Waals surface area contributed by atoms with E-state index in [-0.39, 0.29) is 31.5 Å². The number of carbonyl (C=O) groups is 2. The zero-order chi connectivity index (χ0) is 66.3. The number of nitrogens with one attached hydrogen (secondary N) is 1. The van der Waals surface area contributed by atoms with Gasteiger partial charge in [-0.2, -0.15) is 0 Å². The summed E-state index contributed by atoms with van der Waals surface area (Å²) >= 11 is 0. The maximum absolute atomic E-state index is 13.7. The van der Waals surface area contributed by atoms with Gasteiger partial charge in [-0.1, -0.05) is 338 Å². The standard InChI is InChI=1S/C81H151N2O7P/c1-7-10-13-16-19-22-25-28-30-32-34-36-38-40-41-43-44-46-48-50-52-55-58-61-64-67-70-73-80(84)82-78(77-89-91(86,87)88-76-75-83(4,5)6)79(72-69-66-63-60-57-54-27-24-21-18-15-12-9-3)90-81(85)74-71-68-65-62-59-56-53-51-49-47-45-42-39-37-35-33-31-29-26-23-20-17-14-11-8-2/h20,23,28-31,35,37,42,45,69,72,78-79H,7-19,21-22,24-27,32-34,36,38-41,43-44,46-68,70-71,73-77H2,1-6H3,(H-,82,84,86,87)/b23-20-,30-28+,31-29-,37-35-,45-42-,72-69+. The highest BCUT2D eigenvalue weighted by atomic mass is 31.2. The van der Waals surface area contributed by atoms with Crippen molar-refractivity contribution in [1.82, 2.24) is 5.32 Å². The normalized spacial score (nSPS) is 13.8. The van der Waals surface area contributed by atoms with Crippen molar-refractivity contribution in [2.45, 2.75) is 392 Å². The molecule has 3 atom stereocenters. The van der Waals surface area contributed by atoms with Gasteiger partial charge in [0, 0.05) is 12.8 Å². The fraction of sp³-hybridized carbons (Fsp3) is 0.827. The van der Waals surface area contributed by atoms with Gasteiger partial charge in [-0.15, -0.1) is 0 Å². The highest BCUT2D eigenvalue weighted by molar-refractivity contribution is 7.45. The van der Waals surface area contributed by atoms with Crippen molar-refractivity contribution in [3.8, 4) is 0 Å². The first-order valence-electron chi connectivity index (χ1n) is 39.2. The van der Waals surface area contributed by atoms with Crippen LogP contribution in [0.2, 0.25) is 0 Å². The van der Waals surface area contributed by atoms with E-state index in [1.54, 1.807) is 0 Å². The van der Waals surface area contributed by atoms with Crippen molar-refractivity contribution >= 4 is 19.7 Å². The van der Waals surface area contributed by atoms with Crippen LogP contribution in [0.1, 0.15) is 380 Å². The predicted molar refractivity (Wildman–Crippen MR) is 395 cm³/mol. The molecule has 1 amide bonds. The van der Waals surface area contributed by atoms with E-state index in [9.17, 15) is 19.0 Å². The fourth-order valence-electron chi connectivity index (χ4n) is 11.6. The van der Waals surface area contributed by atoms with E-state index in [4.69, 9.17) is 13.8 Å². The molecule has 9 nitrogen and oxygen atoms in total. The summed E-state index contributed by atoms with van der Waals surface area (Å²) in [5.74, 6) is -0.532. The lowest BCUT2D eigenvalue weighted by molar-refractivity contribution is -0.870. The van der Waals surface area contributed by atoms with E-state index in [1.807, 2.05) is 33.3 Å². The van der Waals surface area contributed by atoms with Gasteiger partial charge in [-0.3, -0.25) is 14.2 Å². The average molecular weight is 1300 g/mol. The minimum Gasteiger partial charge on any atom is -0.756 e. The number of phosphoric acid groups is 1. The molecular weight excluding hydrogens is 1140 g/mol. The highest BCUT2D eigenvalue weighted by Gasteiger charge is 2.27. The van der Waals surface area contributed by atoms with Crippen LogP contribution in [-0.4, -0.2) is 69.4 Å². The molecule has 1 N–H and O–H groups in total.